The van der Waals surface area contributed by atoms with Crippen molar-refractivity contribution in [2.75, 3.05) is 38.2 Å². The summed E-state index contributed by atoms with van der Waals surface area (Å²) in [6.07, 6.45) is 1.71. The largest absolute Gasteiger partial charge is 0.495 e. The summed E-state index contributed by atoms with van der Waals surface area (Å²) in [5, 5.41) is 0.909. The molecule has 0 unspecified atom stereocenters. The van der Waals surface area contributed by atoms with Crippen LogP contribution in [0.5, 0.6) is 5.75 Å². The van der Waals surface area contributed by atoms with Crippen LogP contribution in [-0.2, 0) is 0 Å². The Morgan fingerprint density at radius 3 is 2.50 bits per heavy atom. The minimum Gasteiger partial charge on any atom is -0.495 e. The Balaban J connectivity index is 1.52. The molecule has 2 aromatic carbocycles. The Bertz CT molecular complexity index is 928. The van der Waals surface area contributed by atoms with Crippen LogP contribution in [-0.4, -0.2) is 49.1 Å². The van der Waals surface area contributed by atoms with Gasteiger partial charge in [0, 0.05) is 37.8 Å². The third kappa shape index (κ3) is 2.96. The number of fused-ring (bicyclic) bond motifs is 1. The van der Waals surface area contributed by atoms with E-state index in [1.165, 1.54) is 0 Å². The Labute approximate surface area is 152 Å². The smallest absolute Gasteiger partial charge is 0.254 e. The number of ether oxygens (including phenoxy) is 1. The second kappa shape index (κ2) is 7.04. The molecule has 4 rings (SSSR count). The van der Waals surface area contributed by atoms with Crippen LogP contribution in [0.1, 0.15) is 10.4 Å². The number of piperazine rings is 1. The summed E-state index contributed by atoms with van der Waals surface area (Å²) >= 11 is 0. The number of hydrogen-bond donors (Lipinski definition) is 0. The maximum atomic E-state index is 13.0. The molecule has 2 heterocycles. The van der Waals surface area contributed by atoms with Gasteiger partial charge < -0.3 is 14.5 Å². The summed E-state index contributed by atoms with van der Waals surface area (Å²) in [5.41, 5.74) is 2.66. The minimum absolute atomic E-state index is 0.0725. The zero-order valence-corrected chi connectivity index (χ0v) is 14.8. The van der Waals surface area contributed by atoms with Crippen molar-refractivity contribution in [1.29, 1.82) is 0 Å². The first-order valence-corrected chi connectivity index (χ1v) is 8.79. The minimum atomic E-state index is 0.0725. The van der Waals surface area contributed by atoms with Crippen LogP contribution < -0.4 is 9.64 Å². The fourth-order valence-corrected chi connectivity index (χ4v) is 3.49. The number of amides is 1. The Morgan fingerprint density at radius 1 is 0.962 bits per heavy atom. The molecule has 0 N–H and O–H groups in total. The zero-order valence-electron chi connectivity index (χ0n) is 14.8. The molecule has 3 aromatic rings. The van der Waals surface area contributed by atoms with Crippen molar-refractivity contribution in [1.82, 2.24) is 9.88 Å². The van der Waals surface area contributed by atoms with E-state index >= 15 is 0 Å². The number of anilines is 1. The van der Waals surface area contributed by atoms with Crippen molar-refractivity contribution in [2.24, 2.45) is 0 Å². The Kier molecular flexibility index (Phi) is 4.44. The van der Waals surface area contributed by atoms with E-state index in [0.29, 0.717) is 13.1 Å². The highest BCUT2D eigenvalue weighted by Crippen LogP contribution is 2.28. The lowest BCUT2D eigenvalue weighted by atomic mass is 10.1. The number of rotatable bonds is 3. The summed E-state index contributed by atoms with van der Waals surface area (Å²) in [7, 11) is 1.69. The fraction of sp³-hybridized carbons (Fsp3) is 0.238. The van der Waals surface area contributed by atoms with Crippen LogP contribution in [0.2, 0.25) is 0 Å². The number of carbonyl (C=O) groups excluding carboxylic acids is 1. The molecule has 0 radical (unpaired) electrons. The summed E-state index contributed by atoms with van der Waals surface area (Å²) in [6, 6.07) is 17.6. The van der Waals surface area contributed by atoms with Crippen LogP contribution >= 0.6 is 0 Å². The van der Waals surface area contributed by atoms with Gasteiger partial charge in [-0.1, -0.05) is 30.3 Å². The number of aromatic nitrogens is 1. The van der Waals surface area contributed by atoms with E-state index < -0.39 is 0 Å². The average Bonchev–Trinajstić information content (AvgIpc) is 2.73. The van der Waals surface area contributed by atoms with E-state index in [0.717, 1.165) is 41.0 Å². The molecule has 1 aliphatic rings. The van der Waals surface area contributed by atoms with E-state index in [1.807, 2.05) is 53.4 Å². The van der Waals surface area contributed by atoms with Gasteiger partial charge in [0.15, 0.2) is 0 Å². The van der Waals surface area contributed by atoms with E-state index in [9.17, 15) is 4.79 Å². The third-order valence-electron chi connectivity index (χ3n) is 4.87. The van der Waals surface area contributed by atoms with Crippen LogP contribution in [0.25, 0.3) is 10.9 Å². The summed E-state index contributed by atoms with van der Waals surface area (Å²) in [5.74, 6) is 0.940. The molecule has 1 fully saturated rings. The van der Waals surface area contributed by atoms with Gasteiger partial charge in [0.2, 0.25) is 0 Å². The standard InChI is InChI=1S/C21H21N3O2/c1-26-20-9-5-4-8-19(20)23-12-14-24(15-13-23)21(25)17-10-11-22-18-7-3-2-6-16(17)18/h2-11H,12-15H2,1H3. The number of pyridine rings is 1. The molecule has 0 saturated carbocycles. The van der Waals surface area contributed by atoms with E-state index in [-0.39, 0.29) is 5.91 Å². The van der Waals surface area contributed by atoms with Crippen LogP contribution in [0.4, 0.5) is 5.69 Å². The topological polar surface area (TPSA) is 45.7 Å². The van der Waals surface area contributed by atoms with Crippen LogP contribution in [0, 0.1) is 0 Å². The first-order valence-electron chi connectivity index (χ1n) is 8.79. The predicted molar refractivity (Wildman–Crippen MR) is 103 cm³/mol. The van der Waals surface area contributed by atoms with Crippen molar-refractivity contribution < 1.29 is 9.53 Å². The van der Waals surface area contributed by atoms with Crippen LogP contribution in [0.15, 0.2) is 60.8 Å². The Morgan fingerprint density at radius 2 is 1.69 bits per heavy atom. The number of methoxy groups -OCH3 is 1. The van der Waals surface area contributed by atoms with Gasteiger partial charge in [-0.05, 0) is 24.3 Å². The van der Waals surface area contributed by atoms with E-state index in [1.54, 1.807) is 13.3 Å². The molecule has 5 heteroatoms. The molecule has 1 amide bonds. The highest BCUT2D eigenvalue weighted by molar-refractivity contribution is 6.06. The Hall–Kier alpha value is -3.08. The summed E-state index contributed by atoms with van der Waals surface area (Å²) in [4.78, 5) is 21.6. The summed E-state index contributed by atoms with van der Waals surface area (Å²) < 4.78 is 5.46. The highest BCUT2D eigenvalue weighted by atomic mass is 16.5. The average molecular weight is 347 g/mol. The number of hydrogen-bond acceptors (Lipinski definition) is 4. The molecule has 0 spiro atoms. The monoisotopic (exact) mass is 347 g/mol. The number of benzene rings is 2. The normalized spacial score (nSPS) is 14.5. The maximum absolute atomic E-state index is 13.0. The van der Waals surface area contributed by atoms with Gasteiger partial charge in [-0.15, -0.1) is 0 Å². The lowest BCUT2D eigenvalue weighted by Gasteiger charge is -2.36. The van der Waals surface area contributed by atoms with Gasteiger partial charge in [0.25, 0.3) is 5.91 Å². The zero-order chi connectivity index (χ0) is 17.9. The molecule has 0 aliphatic carbocycles. The second-order valence-electron chi connectivity index (χ2n) is 6.33. The van der Waals surface area contributed by atoms with Crippen molar-refractivity contribution in [3.63, 3.8) is 0 Å². The lowest BCUT2D eigenvalue weighted by Crippen LogP contribution is -2.48. The van der Waals surface area contributed by atoms with Gasteiger partial charge >= 0.3 is 0 Å². The molecule has 1 saturated heterocycles. The molecule has 1 aliphatic heterocycles. The van der Waals surface area contributed by atoms with Crippen molar-refractivity contribution in [2.45, 2.75) is 0 Å². The first-order chi connectivity index (χ1) is 12.8. The predicted octanol–water partition coefficient (Wildman–Crippen LogP) is 3.21. The molecule has 0 atom stereocenters. The van der Waals surface area contributed by atoms with Crippen molar-refractivity contribution >= 4 is 22.5 Å². The quantitative estimate of drug-likeness (QED) is 0.730. The molecule has 5 nitrogen and oxygen atoms in total. The number of nitrogens with zero attached hydrogens (tertiary/aromatic N) is 3. The van der Waals surface area contributed by atoms with Gasteiger partial charge in [-0.3, -0.25) is 9.78 Å². The summed E-state index contributed by atoms with van der Waals surface area (Å²) in [6.45, 7) is 2.95. The molecule has 26 heavy (non-hydrogen) atoms. The van der Waals surface area contributed by atoms with E-state index in [2.05, 4.69) is 16.0 Å². The van der Waals surface area contributed by atoms with Gasteiger partial charge in [0.1, 0.15) is 5.75 Å². The molecular weight excluding hydrogens is 326 g/mol. The number of para-hydroxylation sites is 3. The van der Waals surface area contributed by atoms with Gasteiger partial charge in [0.05, 0.1) is 23.9 Å². The maximum Gasteiger partial charge on any atom is 0.254 e. The molecule has 132 valence electrons. The lowest BCUT2D eigenvalue weighted by molar-refractivity contribution is 0.0748. The van der Waals surface area contributed by atoms with Crippen LogP contribution in [0.3, 0.4) is 0 Å². The third-order valence-corrected chi connectivity index (χ3v) is 4.87. The van der Waals surface area contributed by atoms with Gasteiger partial charge in [-0.2, -0.15) is 0 Å². The van der Waals surface area contributed by atoms with Crippen molar-refractivity contribution in [3.05, 3.63) is 66.4 Å². The van der Waals surface area contributed by atoms with Gasteiger partial charge in [-0.25, -0.2) is 0 Å². The van der Waals surface area contributed by atoms with E-state index in [4.69, 9.17) is 4.74 Å². The highest BCUT2D eigenvalue weighted by Gasteiger charge is 2.24. The molecule has 0 bridgehead atoms. The molecular formula is C21H21N3O2. The SMILES string of the molecule is COc1ccccc1N1CCN(C(=O)c2ccnc3ccccc23)CC1. The number of carbonyl (C=O) groups is 1. The molecule has 1 aromatic heterocycles. The second-order valence-corrected chi connectivity index (χ2v) is 6.33. The first kappa shape index (κ1) is 16.4. The fourth-order valence-electron chi connectivity index (χ4n) is 3.49. The van der Waals surface area contributed by atoms with Crippen molar-refractivity contribution in [3.8, 4) is 5.75 Å².